The molecule has 1 amide bonds. The van der Waals surface area contributed by atoms with Gasteiger partial charge in [-0.3, -0.25) is 4.79 Å². The molecular weight excluding hydrogens is 398 g/mol. The fourth-order valence-corrected chi connectivity index (χ4v) is 3.82. The molecule has 1 heterocycles. The fraction of sp³-hybridized carbons (Fsp3) is 0.158. The van der Waals surface area contributed by atoms with Gasteiger partial charge >= 0.3 is 0 Å². The molecule has 0 atom stereocenters. The second kappa shape index (κ2) is 8.51. The summed E-state index contributed by atoms with van der Waals surface area (Å²) in [7, 11) is -2.09. The van der Waals surface area contributed by atoms with Gasteiger partial charge in [0.1, 0.15) is 16.5 Å². The van der Waals surface area contributed by atoms with E-state index in [1.165, 1.54) is 23.5 Å². The van der Waals surface area contributed by atoms with Crippen LogP contribution in [0.3, 0.4) is 0 Å². The minimum absolute atomic E-state index is 0.0637. The van der Waals surface area contributed by atoms with Gasteiger partial charge in [0.15, 0.2) is 0 Å². The number of ether oxygens (including phenoxy) is 1. The van der Waals surface area contributed by atoms with E-state index in [4.69, 9.17) is 9.88 Å². The van der Waals surface area contributed by atoms with E-state index >= 15 is 0 Å². The molecule has 3 N–H and O–H groups in total. The first-order valence-corrected chi connectivity index (χ1v) is 10.8. The molecule has 3 aromatic rings. The molecule has 2 aromatic carbocycles. The summed E-state index contributed by atoms with van der Waals surface area (Å²) in [6.45, 7) is 0.406. The predicted octanol–water partition coefficient (Wildman–Crippen LogP) is 2.44. The third kappa shape index (κ3) is 4.94. The van der Waals surface area contributed by atoms with Crippen molar-refractivity contribution in [2.75, 3.05) is 13.7 Å². The third-order valence-electron chi connectivity index (χ3n) is 4.02. The van der Waals surface area contributed by atoms with Gasteiger partial charge in [0.2, 0.25) is 10.0 Å². The number of rotatable bonds is 7. The van der Waals surface area contributed by atoms with Crippen LogP contribution in [0, 0.1) is 0 Å². The van der Waals surface area contributed by atoms with Crippen molar-refractivity contribution in [2.24, 2.45) is 5.14 Å². The third-order valence-corrected chi connectivity index (χ3v) is 5.85. The standard InChI is InChI=1S/C19H19N3O4S2/c1-26-15-6-4-14(5-7-15)19-22-17(12-27-19)18(23)21-11-10-13-2-8-16(9-3-13)28(20,24)25/h2-9,12H,10-11H2,1H3,(H,21,23)(H2,20,24,25). The number of amides is 1. The highest BCUT2D eigenvalue weighted by Crippen LogP contribution is 2.25. The van der Waals surface area contributed by atoms with Crippen LogP contribution in [0.4, 0.5) is 0 Å². The van der Waals surface area contributed by atoms with Crippen molar-refractivity contribution in [3.8, 4) is 16.3 Å². The van der Waals surface area contributed by atoms with Gasteiger partial charge in [0, 0.05) is 17.5 Å². The molecule has 0 fully saturated rings. The second-order valence-electron chi connectivity index (χ2n) is 5.96. The van der Waals surface area contributed by atoms with Crippen LogP contribution < -0.4 is 15.2 Å². The van der Waals surface area contributed by atoms with Gasteiger partial charge in [-0.2, -0.15) is 0 Å². The largest absolute Gasteiger partial charge is 0.497 e. The molecule has 0 aliphatic heterocycles. The van der Waals surface area contributed by atoms with Crippen molar-refractivity contribution in [3.63, 3.8) is 0 Å². The molecule has 0 saturated heterocycles. The quantitative estimate of drug-likeness (QED) is 0.613. The monoisotopic (exact) mass is 417 g/mol. The van der Waals surface area contributed by atoms with Gasteiger partial charge in [-0.15, -0.1) is 11.3 Å². The van der Waals surface area contributed by atoms with E-state index in [1.807, 2.05) is 24.3 Å². The van der Waals surface area contributed by atoms with Crippen LogP contribution in [0.15, 0.2) is 58.8 Å². The van der Waals surface area contributed by atoms with Crippen LogP contribution in [0.25, 0.3) is 10.6 Å². The normalized spacial score (nSPS) is 11.2. The zero-order valence-corrected chi connectivity index (χ0v) is 16.7. The molecular formula is C19H19N3O4S2. The molecule has 146 valence electrons. The first-order valence-electron chi connectivity index (χ1n) is 8.37. The summed E-state index contributed by atoms with van der Waals surface area (Å²) in [4.78, 5) is 16.7. The molecule has 28 heavy (non-hydrogen) atoms. The van der Waals surface area contributed by atoms with Crippen LogP contribution in [0.1, 0.15) is 16.1 Å². The van der Waals surface area contributed by atoms with E-state index in [9.17, 15) is 13.2 Å². The highest BCUT2D eigenvalue weighted by molar-refractivity contribution is 7.89. The van der Waals surface area contributed by atoms with E-state index in [-0.39, 0.29) is 10.8 Å². The highest BCUT2D eigenvalue weighted by atomic mass is 32.2. The zero-order chi connectivity index (χ0) is 20.1. The average molecular weight is 418 g/mol. The van der Waals surface area contributed by atoms with Crippen molar-refractivity contribution in [3.05, 3.63) is 65.2 Å². The lowest BCUT2D eigenvalue weighted by molar-refractivity contribution is 0.0950. The minimum Gasteiger partial charge on any atom is -0.497 e. The number of hydrogen-bond acceptors (Lipinski definition) is 6. The number of benzene rings is 2. The van der Waals surface area contributed by atoms with Crippen LogP contribution in [0.5, 0.6) is 5.75 Å². The lowest BCUT2D eigenvalue weighted by atomic mass is 10.1. The van der Waals surface area contributed by atoms with Crippen LogP contribution in [-0.2, 0) is 16.4 Å². The van der Waals surface area contributed by atoms with Gasteiger partial charge in [-0.25, -0.2) is 18.5 Å². The molecule has 9 heteroatoms. The van der Waals surface area contributed by atoms with E-state index in [0.29, 0.717) is 18.7 Å². The Kier molecular flexibility index (Phi) is 6.08. The predicted molar refractivity (Wildman–Crippen MR) is 108 cm³/mol. The van der Waals surface area contributed by atoms with Gasteiger partial charge in [0.25, 0.3) is 5.91 Å². The molecule has 0 unspecified atom stereocenters. The second-order valence-corrected chi connectivity index (χ2v) is 8.38. The summed E-state index contributed by atoms with van der Waals surface area (Å²) >= 11 is 1.40. The maximum Gasteiger partial charge on any atom is 0.270 e. The van der Waals surface area contributed by atoms with E-state index in [0.717, 1.165) is 21.9 Å². The lowest BCUT2D eigenvalue weighted by Gasteiger charge is -2.05. The van der Waals surface area contributed by atoms with Crippen LogP contribution >= 0.6 is 11.3 Å². The number of methoxy groups -OCH3 is 1. The van der Waals surface area contributed by atoms with Crippen molar-refractivity contribution in [1.82, 2.24) is 10.3 Å². The summed E-state index contributed by atoms with van der Waals surface area (Å²) in [5.74, 6) is 0.507. The minimum atomic E-state index is -3.70. The maximum absolute atomic E-state index is 12.3. The number of aromatic nitrogens is 1. The summed E-state index contributed by atoms with van der Waals surface area (Å²) in [6.07, 6.45) is 0.562. The maximum atomic E-state index is 12.3. The Hall–Kier alpha value is -2.75. The number of nitrogens with zero attached hydrogens (tertiary/aromatic N) is 1. The van der Waals surface area contributed by atoms with Gasteiger partial charge in [-0.05, 0) is 48.4 Å². The summed E-state index contributed by atoms with van der Waals surface area (Å²) in [5.41, 5.74) is 2.17. The number of primary sulfonamides is 1. The Bertz CT molecular complexity index is 1060. The summed E-state index contributed by atoms with van der Waals surface area (Å²) < 4.78 is 27.6. The molecule has 0 aliphatic carbocycles. The molecule has 7 nitrogen and oxygen atoms in total. The topological polar surface area (TPSA) is 111 Å². The first kappa shape index (κ1) is 20.0. The molecule has 0 saturated carbocycles. The number of carbonyl (C=O) groups excluding carboxylic acids is 1. The summed E-state index contributed by atoms with van der Waals surface area (Å²) in [5, 5.41) is 10.4. The van der Waals surface area contributed by atoms with E-state index in [2.05, 4.69) is 10.3 Å². The number of hydrogen-bond donors (Lipinski definition) is 2. The Morgan fingerprint density at radius 1 is 1.14 bits per heavy atom. The Morgan fingerprint density at radius 3 is 2.43 bits per heavy atom. The smallest absolute Gasteiger partial charge is 0.270 e. The number of thiazole rings is 1. The van der Waals surface area contributed by atoms with E-state index in [1.54, 1.807) is 24.6 Å². The number of nitrogens with one attached hydrogen (secondary N) is 1. The summed E-state index contributed by atoms with van der Waals surface area (Å²) in [6, 6.07) is 13.7. The Morgan fingerprint density at radius 2 is 1.82 bits per heavy atom. The van der Waals surface area contributed by atoms with E-state index < -0.39 is 10.0 Å². The van der Waals surface area contributed by atoms with Gasteiger partial charge in [0.05, 0.1) is 12.0 Å². The lowest BCUT2D eigenvalue weighted by Crippen LogP contribution is -2.26. The molecule has 1 aromatic heterocycles. The number of carbonyl (C=O) groups is 1. The van der Waals surface area contributed by atoms with Crippen molar-refractivity contribution in [2.45, 2.75) is 11.3 Å². The number of sulfonamides is 1. The fourth-order valence-electron chi connectivity index (χ4n) is 2.50. The molecule has 0 aliphatic rings. The van der Waals surface area contributed by atoms with Gasteiger partial charge in [-0.1, -0.05) is 12.1 Å². The SMILES string of the molecule is COc1ccc(-c2nc(C(=O)NCCc3ccc(S(N)(=O)=O)cc3)cs2)cc1. The Balaban J connectivity index is 1.56. The number of nitrogens with two attached hydrogens (primary N) is 1. The van der Waals surface area contributed by atoms with Crippen molar-refractivity contribution >= 4 is 27.3 Å². The van der Waals surface area contributed by atoms with Crippen molar-refractivity contribution < 1.29 is 17.9 Å². The van der Waals surface area contributed by atoms with Crippen molar-refractivity contribution in [1.29, 1.82) is 0 Å². The molecule has 0 radical (unpaired) electrons. The van der Waals surface area contributed by atoms with Crippen LogP contribution in [-0.4, -0.2) is 33.0 Å². The van der Waals surface area contributed by atoms with Crippen LogP contribution in [0.2, 0.25) is 0 Å². The first-order chi connectivity index (χ1) is 13.4. The van der Waals surface area contributed by atoms with Gasteiger partial charge < -0.3 is 10.1 Å². The zero-order valence-electron chi connectivity index (χ0n) is 15.1. The molecule has 3 rings (SSSR count). The average Bonchev–Trinajstić information content (AvgIpc) is 3.18. The Labute approximate surface area is 167 Å². The molecule has 0 bridgehead atoms. The molecule has 0 spiro atoms. The highest BCUT2D eigenvalue weighted by Gasteiger charge is 2.12.